The van der Waals surface area contributed by atoms with Crippen molar-refractivity contribution in [3.05, 3.63) is 12.2 Å². The zero-order chi connectivity index (χ0) is 15.8. The normalized spacial score (nSPS) is 11.6. The molecule has 0 heterocycles. The van der Waals surface area contributed by atoms with Gasteiger partial charge in [0.1, 0.15) is 0 Å². The van der Waals surface area contributed by atoms with Gasteiger partial charge in [0.25, 0.3) is 0 Å². The van der Waals surface area contributed by atoms with E-state index in [4.69, 9.17) is 24.8 Å². The van der Waals surface area contributed by atoms with Gasteiger partial charge >= 0.3 is 11.9 Å². The van der Waals surface area contributed by atoms with Gasteiger partial charge in [0, 0.05) is 18.8 Å². The number of hydrogen-bond donors (Lipinski definition) is 3. The van der Waals surface area contributed by atoms with Crippen LogP contribution in [0.1, 0.15) is 13.3 Å². The topological polar surface area (TPSA) is 123 Å². The molecule has 118 valence electrons. The Hall–Kier alpha value is -1.48. The van der Waals surface area contributed by atoms with Crippen molar-refractivity contribution in [1.29, 1.82) is 0 Å². The number of carbonyl (C=O) groups excluding carboxylic acids is 1. The predicted molar refractivity (Wildman–Crippen MR) is 68.9 cm³/mol. The van der Waals surface area contributed by atoms with Gasteiger partial charge in [-0.3, -0.25) is 0 Å². The number of aliphatic carboxylic acids is 1. The highest BCUT2D eigenvalue weighted by atomic mass is 16.6. The van der Waals surface area contributed by atoms with Crippen LogP contribution in [-0.2, 0) is 23.8 Å². The molecule has 0 saturated heterocycles. The molecule has 1 unspecified atom stereocenters. The van der Waals surface area contributed by atoms with Crippen molar-refractivity contribution in [3.8, 4) is 0 Å². The summed E-state index contributed by atoms with van der Waals surface area (Å²) in [6.07, 6.45) is 1.56. The van der Waals surface area contributed by atoms with Crippen LogP contribution in [0.25, 0.3) is 0 Å². The van der Waals surface area contributed by atoms with Gasteiger partial charge in [-0.25, -0.2) is 9.59 Å². The first-order valence-electron chi connectivity index (χ1n) is 5.95. The molecule has 1 atom stereocenters. The van der Waals surface area contributed by atoms with Crippen LogP contribution in [-0.4, -0.2) is 67.1 Å². The number of esters is 1. The number of aliphatic hydroxyl groups excluding tert-OH is 2. The lowest BCUT2D eigenvalue weighted by Crippen LogP contribution is -2.20. The molecular formula is C12H22O8. The van der Waals surface area contributed by atoms with Crippen LogP contribution >= 0.6 is 0 Å². The molecule has 0 amide bonds. The fourth-order valence-electron chi connectivity index (χ4n) is 0.758. The smallest absolute Gasteiger partial charge is 0.330 e. The van der Waals surface area contributed by atoms with Gasteiger partial charge in [0.2, 0.25) is 0 Å². The third-order valence-electron chi connectivity index (χ3n) is 1.57. The van der Waals surface area contributed by atoms with E-state index in [2.05, 4.69) is 4.74 Å². The monoisotopic (exact) mass is 294 g/mol. The second-order valence-corrected chi connectivity index (χ2v) is 3.32. The molecule has 0 rings (SSSR count). The highest BCUT2D eigenvalue weighted by Crippen LogP contribution is 1.89. The van der Waals surface area contributed by atoms with E-state index in [0.717, 1.165) is 12.5 Å². The molecule has 0 aromatic rings. The summed E-state index contributed by atoms with van der Waals surface area (Å²) in [5, 5.41) is 25.2. The zero-order valence-corrected chi connectivity index (χ0v) is 11.7. The summed E-state index contributed by atoms with van der Waals surface area (Å²) in [5.74, 6) is -1.84. The number of aliphatic hydroxyl groups is 2. The number of rotatable bonds is 9. The van der Waals surface area contributed by atoms with Crippen LogP contribution in [0.4, 0.5) is 0 Å². The van der Waals surface area contributed by atoms with Crippen LogP contribution in [0.2, 0.25) is 0 Å². The van der Waals surface area contributed by atoms with Gasteiger partial charge in [-0.1, -0.05) is 6.92 Å². The maximum atomic E-state index is 10.1. The zero-order valence-electron chi connectivity index (χ0n) is 11.7. The fraction of sp³-hybridized carbons (Fsp3) is 0.667. The summed E-state index contributed by atoms with van der Waals surface area (Å²) in [6, 6.07) is 0. The van der Waals surface area contributed by atoms with E-state index in [1.165, 1.54) is 7.11 Å². The second-order valence-electron chi connectivity index (χ2n) is 3.32. The van der Waals surface area contributed by atoms with Crippen molar-refractivity contribution in [3.63, 3.8) is 0 Å². The lowest BCUT2D eigenvalue weighted by molar-refractivity contribution is -0.139. The Morgan fingerprint density at radius 1 is 1.25 bits per heavy atom. The first-order valence-corrected chi connectivity index (χ1v) is 5.95. The van der Waals surface area contributed by atoms with Crippen LogP contribution in [0.3, 0.4) is 0 Å². The number of ether oxygens (including phenoxy) is 3. The Labute approximate surface area is 117 Å². The summed E-state index contributed by atoms with van der Waals surface area (Å²) in [4.78, 5) is 19.9. The van der Waals surface area contributed by atoms with Crippen LogP contribution < -0.4 is 0 Å². The molecular weight excluding hydrogens is 272 g/mol. The summed E-state index contributed by atoms with van der Waals surface area (Å²) < 4.78 is 13.8. The van der Waals surface area contributed by atoms with E-state index < -0.39 is 18.2 Å². The van der Waals surface area contributed by atoms with Gasteiger partial charge in [-0.2, -0.15) is 0 Å². The fourth-order valence-corrected chi connectivity index (χ4v) is 0.758. The van der Waals surface area contributed by atoms with E-state index in [0.29, 0.717) is 12.7 Å². The third kappa shape index (κ3) is 18.9. The van der Waals surface area contributed by atoms with E-state index in [1.54, 1.807) is 0 Å². The van der Waals surface area contributed by atoms with Crippen molar-refractivity contribution >= 4 is 11.9 Å². The Balaban J connectivity index is 0. The Morgan fingerprint density at radius 3 is 2.35 bits per heavy atom. The SMILES string of the molecule is CCCOC(O)COCCO.COC(=O)C=CC(=O)O. The van der Waals surface area contributed by atoms with Gasteiger partial charge in [0.15, 0.2) is 6.29 Å². The van der Waals surface area contributed by atoms with Crippen molar-refractivity contribution in [2.75, 3.05) is 33.5 Å². The average Bonchev–Trinajstić information content (AvgIpc) is 2.43. The molecule has 0 aliphatic rings. The van der Waals surface area contributed by atoms with Crippen molar-refractivity contribution < 1.29 is 39.1 Å². The largest absolute Gasteiger partial charge is 0.478 e. The maximum Gasteiger partial charge on any atom is 0.330 e. The molecule has 0 radical (unpaired) electrons. The lowest BCUT2D eigenvalue weighted by Gasteiger charge is -2.10. The van der Waals surface area contributed by atoms with E-state index in [9.17, 15) is 9.59 Å². The number of carbonyl (C=O) groups is 2. The minimum atomic E-state index is -1.17. The van der Waals surface area contributed by atoms with Gasteiger partial charge in [-0.15, -0.1) is 0 Å². The Kier molecular flexibility index (Phi) is 16.2. The van der Waals surface area contributed by atoms with Gasteiger partial charge in [-0.05, 0) is 6.42 Å². The third-order valence-corrected chi connectivity index (χ3v) is 1.57. The lowest BCUT2D eigenvalue weighted by atomic mass is 10.5. The molecule has 0 bridgehead atoms. The van der Waals surface area contributed by atoms with E-state index in [-0.39, 0.29) is 19.8 Å². The van der Waals surface area contributed by atoms with E-state index >= 15 is 0 Å². The molecule has 0 aromatic heterocycles. The Morgan fingerprint density at radius 2 is 1.90 bits per heavy atom. The van der Waals surface area contributed by atoms with Crippen LogP contribution in [0.5, 0.6) is 0 Å². The molecule has 20 heavy (non-hydrogen) atoms. The molecule has 8 nitrogen and oxygen atoms in total. The van der Waals surface area contributed by atoms with Crippen molar-refractivity contribution in [2.24, 2.45) is 0 Å². The molecule has 0 spiro atoms. The minimum Gasteiger partial charge on any atom is -0.478 e. The number of hydrogen-bond acceptors (Lipinski definition) is 7. The molecule has 8 heteroatoms. The first-order chi connectivity index (χ1) is 9.47. The summed E-state index contributed by atoms with van der Waals surface area (Å²) >= 11 is 0. The van der Waals surface area contributed by atoms with Crippen molar-refractivity contribution in [2.45, 2.75) is 19.6 Å². The molecule has 0 aromatic carbocycles. The maximum absolute atomic E-state index is 10.1. The minimum absolute atomic E-state index is 0.0273. The highest BCUT2D eigenvalue weighted by Gasteiger charge is 2.01. The average molecular weight is 294 g/mol. The molecule has 0 aliphatic heterocycles. The van der Waals surface area contributed by atoms with Gasteiger partial charge in [0.05, 0.1) is 26.9 Å². The Bertz CT molecular complexity index is 277. The van der Waals surface area contributed by atoms with Gasteiger partial charge < -0.3 is 29.5 Å². The molecule has 3 N–H and O–H groups in total. The number of methoxy groups -OCH3 is 1. The number of carboxylic acids is 1. The molecule has 0 aliphatic carbocycles. The second kappa shape index (κ2) is 15.6. The predicted octanol–water partition coefficient (Wildman–Crippen LogP) is -0.459. The first kappa shape index (κ1) is 20.8. The molecule has 0 saturated carbocycles. The van der Waals surface area contributed by atoms with Crippen molar-refractivity contribution in [1.82, 2.24) is 0 Å². The summed E-state index contributed by atoms with van der Waals surface area (Å²) in [5.41, 5.74) is 0. The van der Waals surface area contributed by atoms with Crippen LogP contribution in [0, 0.1) is 0 Å². The molecule has 0 fully saturated rings. The van der Waals surface area contributed by atoms with Crippen LogP contribution in [0.15, 0.2) is 12.2 Å². The summed E-state index contributed by atoms with van der Waals surface area (Å²) in [6.45, 7) is 2.83. The quantitative estimate of drug-likeness (QED) is 0.226. The summed E-state index contributed by atoms with van der Waals surface area (Å²) in [7, 11) is 1.18. The van der Waals surface area contributed by atoms with E-state index in [1.807, 2.05) is 6.92 Å². The standard InChI is InChI=1S/C7H16O4.C5H6O4/c1-2-4-11-7(9)6-10-5-3-8;1-9-5(8)3-2-4(6)7/h7-9H,2-6H2,1H3;2-3H,1H3,(H,6,7). The number of carboxylic acid groups (broad SMARTS) is 1. The highest BCUT2D eigenvalue weighted by molar-refractivity contribution is 5.90.